The van der Waals surface area contributed by atoms with Crippen LogP contribution in [-0.4, -0.2) is 38.1 Å². The summed E-state index contributed by atoms with van der Waals surface area (Å²) in [6.45, 7) is 1.44. The van der Waals surface area contributed by atoms with Gasteiger partial charge in [0.25, 0.3) is 5.91 Å². The molecule has 2 atom stereocenters. The van der Waals surface area contributed by atoms with Crippen LogP contribution in [0.5, 0.6) is 0 Å². The molecule has 1 amide bonds. The Hall–Kier alpha value is -1.50. The van der Waals surface area contributed by atoms with E-state index in [2.05, 4.69) is 0 Å². The summed E-state index contributed by atoms with van der Waals surface area (Å²) in [5.74, 6) is -2.35. The van der Waals surface area contributed by atoms with E-state index in [-0.39, 0.29) is 5.91 Å². The van der Waals surface area contributed by atoms with Crippen molar-refractivity contribution in [1.29, 1.82) is 0 Å². The Morgan fingerprint density at radius 1 is 1.04 bits per heavy atom. The first-order valence-corrected chi connectivity index (χ1v) is 9.85. The number of hydrogen-bond acceptors (Lipinski definition) is 3. The zero-order valence-corrected chi connectivity index (χ0v) is 14.1. The second-order valence-corrected chi connectivity index (χ2v) is 8.59. The Morgan fingerprint density at radius 2 is 1.67 bits per heavy atom. The molecule has 1 aliphatic heterocycles. The maximum Gasteiger partial charge on any atom is 0.341 e. The van der Waals surface area contributed by atoms with Crippen molar-refractivity contribution in [2.45, 2.75) is 42.8 Å². The predicted molar refractivity (Wildman–Crippen MR) is 85.6 cm³/mol. The van der Waals surface area contributed by atoms with Crippen molar-refractivity contribution in [3.8, 4) is 0 Å². The molecule has 1 aromatic carbocycles. The first-order valence-electron chi connectivity index (χ1n) is 8.31. The van der Waals surface area contributed by atoms with Gasteiger partial charge in [-0.3, -0.25) is 4.79 Å². The van der Waals surface area contributed by atoms with Gasteiger partial charge in [-0.25, -0.2) is 8.42 Å². The van der Waals surface area contributed by atoms with Crippen LogP contribution in [0.25, 0.3) is 0 Å². The molecule has 0 radical (unpaired) electrons. The van der Waals surface area contributed by atoms with E-state index in [0.29, 0.717) is 23.9 Å². The molecular weight excluding hydrogens is 336 g/mol. The number of likely N-dealkylation sites (tertiary alicyclic amines) is 1. The number of fused-ring (bicyclic) bond motifs is 1. The molecule has 0 aromatic heterocycles. The molecule has 132 valence electrons. The van der Waals surface area contributed by atoms with Crippen LogP contribution >= 0.6 is 0 Å². The lowest BCUT2D eigenvalue weighted by Gasteiger charge is -2.41. The molecule has 1 saturated heterocycles. The molecular formula is C17H21F2NO3S. The molecule has 1 saturated carbocycles. The van der Waals surface area contributed by atoms with Crippen LogP contribution < -0.4 is 0 Å². The summed E-state index contributed by atoms with van der Waals surface area (Å²) in [6.07, 6.45) is 5.89. The van der Waals surface area contributed by atoms with E-state index in [4.69, 9.17) is 0 Å². The smallest absolute Gasteiger partial charge is 0.338 e. The molecule has 1 aromatic rings. The summed E-state index contributed by atoms with van der Waals surface area (Å²) in [5.41, 5.74) is 0.345. The third kappa shape index (κ3) is 3.31. The molecule has 0 spiro atoms. The minimum atomic E-state index is -4.62. The van der Waals surface area contributed by atoms with Crippen LogP contribution in [0.15, 0.2) is 29.2 Å². The summed E-state index contributed by atoms with van der Waals surface area (Å²) in [7, 11) is -4.62. The highest BCUT2D eigenvalue weighted by Gasteiger charge is 2.33. The third-order valence-corrected chi connectivity index (χ3v) is 6.64. The fraction of sp³-hybridized carbons (Fsp3) is 0.588. The van der Waals surface area contributed by atoms with Gasteiger partial charge in [0.05, 0.1) is 4.90 Å². The Bertz CT molecular complexity index is 703. The van der Waals surface area contributed by atoms with Gasteiger partial charge in [0.15, 0.2) is 0 Å². The molecule has 0 bridgehead atoms. The topological polar surface area (TPSA) is 54.5 Å². The van der Waals surface area contributed by atoms with E-state index < -0.39 is 20.5 Å². The van der Waals surface area contributed by atoms with Crippen molar-refractivity contribution < 1.29 is 22.0 Å². The van der Waals surface area contributed by atoms with Crippen LogP contribution in [0.4, 0.5) is 8.78 Å². The fourth-order valence-corrected chi connectivity index (χ4v) is 4.58. The molecule has 0 unspecified atom stereocenters. The number of piperidine rings is 1. The lowest BCUT2D eigenvalue weighted by molar-refractivity contribution is 0.0521. The van der Waals surface area contributed by atoms with Crippen molar-refractivity contribution >= 4 is 15.7 Å². The molecule has 1 heterocycles. The van der Waals surface area contributed by atoms with Crippen LogP contribution in [0.2, 0.25) is 0 Å². The number of benzene rings is 1. The number of hydrogen-bond donors (Lipinski definition) is 0. The van der Waals surface area contributed by atoms with Crippen LogP contribution in [0.3, 0.4) is 0 Å². The van der Waals surface area contributed by atoms with E-state index in [1.54, 1.807) is 0 Å². The van der Waals surface area contributed by atoms with E-state index in [1.807, 2.05) is 4.90 Å². The first kappa shape index (κ1) is 17.3. The monoisotopic (exact) mass is 357 g/mol. The standard InChI is InChI=1S/C17H21F2NO3S/c18-17(19)24(22,23)15-7-5-13(6-8-15)16(21)20-10-9-12-3-1-2-4-14(12)11-20/h5-8,12,14,17H,1-4,9-11H2/t12-,14+/m1/s1. The summed E-state index contributed by atoms with van der Waals surface area (Å²) in [4.78, 5) is 13.9. The van der Waals surface area contributed by atoms with Gasteiger partial charge < -0.3 is 4.90 Å². The van der Waals surface area contributed by atoms with Gasteiger partial charge in [0, 0.05) is 18.7 Å². The van der Waals surface area contributed by atoms with Gasteiger partial charge in [-0.15, -0.1) is 0 Å². The average Bonchev–Trinajstić information content (AvgIpc) is 2.60. The van der Waals surface area contributed by atoms with Gasteiger partial charge in [-0.1, -0.05) is 19.3 Å². The highest BCUT2D eigenvalue weighted by molar-refractivity contribution is 7.91. The SMILES string of the molecule is O=C(c1ccc(S(=O)(=O)C(F)F)cc1)N1CC[C@H]2CCCC[C@H]2C1. The molecule has 24 heavy (non-hydrogen) atoms. The highest BCUT2D eigenvalue weighted by Crippen LogP contribution is 2.36. The molecule has 2 aliphatic rings. The Kier molecular flexibility index (Phi) is 4.90. The average molecular weight is 357 g/mol. The lowest BCUT2D eigenvalue weighted by Crippen LogP contribution is -2.44. The molecule has 0 N–H and O–H groups in total. The van der Waals surface area contributed by atoms with E-state index >= 15 is 0 Å². The number of carbonyl (C=O) groups is 1. The summed E-state index contributed by atoms with van der Waals surface area (Å²) in [6, 6.07) is 4.82. The number of alkyl halides is 2. The first-order chi connectivity index (χ1) is 11.4. The van der Waals surface area contributed by atoms with Gasteiger partial charge in [-0.2, -0.15) is 8.78 Å². The third-order valence-electron chi connectivity index (χ3n) is 5.24. The molecule has 2 fully saturated rings. The van der Waals surface area contributed by atoms with Gasteiger partial charge in [0.2, 0.25) is 9.84 Å². The van der Waals surface area contributed by atoms with Crippen LogP contribution in [0, 0.1) is 11.8 Å². The zero-order valence-electron chi connectivity index (χ0n) is 13.3. The van der Waals surface area contributed by atoms with E-state index in [0.717, 1.165) is 31.5 Å². The minimum absolute atomic E-state index is 0.153. The maximum absolute atomic E-state index is 12.6. The maximum atomic E-state index is 12.6. The largest absolute Gasteiger partial charge is 0.341 e. The number of rotatable bonds is 3. The number of nitrogens with zero attached hydrogens (tertiary/aromatic N) is 1. The Labute approximate surface area is 140 Å². The summed E-state index contributed by atoms with van der Waals surface area (Å²) >= 11 is 0. The van der Waals surface area contributed by atoms with Gasteiger partial charge >= 0.3 is 5.76 Å². The highest BCUT2D eigenvalue weighted by atomic mass is 32.2. The fourth-order valence-electron chi connectivity index (χ4n) is 3.86. The van der Waals surface area contributed by atoms with Crippen LogP contribution in [-0.2, 0) is 9.84 Å². The van der Waals surface area contributed by atoms with Crippen molar-refractivity contribution in [2.75, 3.05) is 13.1 Å². The number of carbonyl (C=O) groups excluding carboxylic acids is 1. The molecule has 1 aliphatic carbocycles. The molecule has 4 nitrogen and oxygen atoms in total. The molecule has 7 heteroatoms. The normalized spacial score (nSPS) is 24.7. The summed E-state index contributed by atoms with van der Waals surface area (Å²) < 4.78 is 47.9. The second kappa shape index (κ2) is 6.78. The lowest BCUT2D eigenvalue weighted by atomic mass is 9.75. The molecule has 3 rings (SSSR count). The summed E-state index contributed by atoms with van der Waals surface area (Å²) in [5, 5.41) is 0. The van der Waals surface area contributed by atoms with Gasteiger partial charge in [-0.05, 0) is 48.9 Å². The predicted octanol–water partition coefficient (Wildman–Crippen LogP) is 3.34. The number of sulfone groups is 1. The van der Waals surface area contributed by atoms with Crippen molar-refractivity contribution in [1.82, 2.24) is 4.90 Å². The van der Waals surface area contributed by atoms with Gasteiger partial charge in [0.1, 0.15) is 0 Å². The number of amides is 1. The quantitative estimate of drug-likeness (QED) is 0.834. The van der Waals surface area contributed by atoms with E-state index in [1.165, 1.54) is 31.4 Å². The number of halogens is 2. The second-order valence-electron chi connectivity index (χ2n) is 6.67. The Morgan fingerprint density at radius 3 is 2.29 bits per heavy atom. The van der Waals surface area contributed by atoms with Crippen molar-refractivity contribution in [3.05, 3.63) is 29.8 Å². The zero-order chi connectivity index (χ0) is 17.3. The van der Waals surface area contributed by atoms with Crippen molar-refractivity contribution in [3.63, 3.8) is 0 Å². The van der Waals surface area contributed by atoms with Crippen LogP contribution in [0.1, 0.15) is 42.5 Å². The van der Waals surface area contributed by atoms with Crippen molar-refractivity contribution in [2.24, 2.45) is 11.8 Å². The Balaban J connectivity index is 1.71. The minimum Gasteiger partial charge on any atom is -0.338 e. The van der Waals surface area contributed by atoms with E-state index in [9.17, 15) is 22.0 Å².